The number of nitrogens with zero attached hydrogens (tertiary/aromatic N) is 1. The Bertz CT molecular complexity index is 696. The van der Waals surface area contributed by atoms with E-state index in [1.165, 1.54) is 18.4 Å². The van der Waals surface area contributed by atoms with Crippen molar-refractivity contribution in [3.63, 3.8) is 0 Å². The minimum absolute atomic E-state index is 0.290. The maximum atomic E-state index is 12.3. The lowest BCUT2D eigenvalue weighted by molar-refractivity contribution is 0.521. The maximum Gasteiger partial charge on any atom is 0.244 e. The molecule has 0 unspecified atom stereocenters. The van der Waals surface area contributed by atoms with Crippen LogP contribution < -0.4 is 5.32 Å². The molecule has 4 nitrogen and oxygen atoms in total. The molecule has 20 heavy (non-hydrogen) atoms. The molecule has 108 valence electrons. The van der Waals surface area contributed by atoms with Crippen molar-refractivity contribution in [1.29, 1.82) is 0 Å². The maximum absolute atomic E-state index is 12.3. The molecular weight excluding hydrogens is 360 g/mol. The number of anilines is 1. The molecule has 0 fully saturated rings. The molecule has 0 spiro atoms. The Labute approximate surface area is 131 Å². The van der Waals surface area contributed by atoms with Crippen molar-refractivity contribution in [2.45, 2.75) is 11.4 Å². The Morgan fingerprint density at radius 2 is 1.95 bits per heavy atom. The zero-order valence-electron chi connectivity index (χ0n) is 11.1. The van der Waals surface area contributed by atoms with Gasteiger partial charge in [0.15, 0.2) is 0 Å². The van der Waals surface area contributed by atoms with Gasteiger partial charge < -0.3 is 5.32 Å². The fraction of sp³-hybridized carbons (Fsp3) is 0.231. The van der Waals surface area contributed by atoms with Crippen LogP contribution in [0.3, 0.4) is 0 Å². The summed E-state index contributed by atoms with van der Waals surface area (Å²) in [5.74, 6) is 0. The first kappa shape index (κ1) is 15.5. The van der Waals surface area contributed by atoms with Crippen LogP contribution in [0.5, 0.6) is 0 Å². The van der Waals surface area contributed by atoms with Crippen molar-refractivity contribution in [3.05, 3.63) is 45.1 Å². The molecule has 0 amide bonds. The molecule has 0 aliphatic rings. The van der Waals surface area contributed by atoms with E-state index < -0.39 is 10.0 Å². The number of sulfonamides is 1. The monoisotopic (exact) mass is 374 g/mol. The van der Waals surface area contributed by atoms with Gasteiger partial charge in [-0.1, -0.05) is 12.1 Å². The zero-order valence-corrected chi connectivity index (χ0v) is 14.3. The molecule has 2 rings (SSSR count). The number of hydrogen-bond donors (Lipinski definition) is 1. The van der Waals surface area contributed by atoms with Crippen LogP contribution in [0.4, 0.5) is 5.69 Å². The van der Waals surface area contributed by atoms with Gasteiger partial charge in [-0.25, -0.2) is 12.7 Å². The first-order valence-corrected chi connectivity index (χ1v) is 9.01. The van der Waals surface area contributed by atoms with Gasteiger partial charge in [-0.15, -0.1) is 11.3 Å². The largest absolute Gasteiger partial charge is 0.379 e. The van der Waals surface area contributed by atoms with Crippen molar-refractivity contribution in [2.75, 3.05) is 19.4 Å². The highest BCUT2D eigenvalue weighted by Crippen LogP contribution is 2.27. The molecule has 0 bridgehead atoms. The van der Waals surface area contributed by atoms with Gasteiger partial charge in [0.2, 0.25) is 10.0 Å². The van der Waals surface area contributed by atoms with Gasteiger partial charge in [0, 0.05) is 23.4 Å². The summed E-state index contributed by atoms with van der Waals surface area (Å²) in [4.78, 5) is 1.42. The Morgan fingerprint density at radius 1 is 1.25 bits per heavy atom. The molecule has 1 aromatic carbocycles. The molecule has 0 radical (unpaired) electrons. The van der Waals surface area contributed by atoms with Crippen LogP contribution in [-0.2, 0) is 16.6 Å². The van der Waals surface area contributed by atoms with E-state index in [-0.39, 0.29) is 4.90 Å². The second-order valence-corrected chi connectivity index (χ2v) is 8.30. The van der Waals surface area contributed by atoms with Crippen molar-refractivity contribution in [2.24, 2.45) is 0 Å². The summed E-state index contributed by atoms with van der Waals surface area (Å²) in [7, 11) is -0.387. The molecule has 1 heterocycles. The standard InChI is InChI=1S/C13H15BrN2O2S2/c1-16(2)20(17,18)13-6-4-3-5-11(13)15-9-12-10(14)7-8-19-12/h3-8,15H,9H2,1-2H3. The molecule has 0 saturated carbocycles. The normalized spacial score (nSPS) is 11.8. The lowest BCUT2D eigenvalue weighted by atomic mass is 10.3. The molecule has 1 aromatic heterocycles. The predicted molar refractivity (Wildman–Crippen MR) is 86.7 cm³/mol. The SMILES string of the molecule is CN(C)S(=O)(=O)c1ccccc1NCc1sccc1Br. The third-order valence-corrected chi connectivity index (χ3v) is 6.58. The molecule has 0 saturated heterocycles. The van der Waals surface area contributed by atoms with Crippen LogP contribution in [0, 0.1) is 0 Å². The minimum Gasteiger partial charge on any atom is -0.379 e. The Kier molecular flexibility index (Phi) is 4.85. The molecule has 0 aliphatic carbocycles. The Hall–Kier alpha value is -0.890. The van der Waals surface area contributed by atoms with E-state index in [9.17, 15) is 8.42 Å². The number of rotatable bonds is 5. The van der Waals surface area contributed by atoms with Crippen LogP contribution in [0.2, 0.25) is 0 Å². The highest BCUT2D eigenvalue weighted by molar-refractivity contribution is 9.10. The molecule has 0 aliphatic heterocycles. The summed E-state index contributed by atoms with van der Waals surface area (Å²) < 4.78 is 26.8. The van der Waals surface area contributed by atoms with E-state index in [1.54, 1.807) is 29.5 Å². The van der Waals surface area contributed by atoms with Crippen molar-refractivity contribution in [3.8, 4) is 0 Å². The lowest BCUT2D eigenvalue weighted by Gasteiger charge is -2.16. The summed E-state index contributed by atoms with van der Waals surface area (Å²) in [5, 5.41) is 5.18. The highest BCUT2D eigenvalue weighted by Gasteiger charge is 2.20. The third kappa shape index (κ3) is 3.22. The first-order chi connectivity index (χ1) is 9.43. The smallest absolute Gasteiger partial charge is 0.244 e. The number of hydrogen-bond acceptors (Lipinski definition) is 4. The molecular formula is C13H15BrN2O2S2. The van der Waals surface area contributed by atoms with Crippen molar-refractivity contribution >= 4 is 43.0 Å². The van der Waals surface area contributed by atoms with Gasteiger partial charge >= 0.3 is 0 Å². The fourth-order valence-electron chi connectivity index (χ4n) is 1.66. The zero-order chi connectivity index (χ0) is 14.8. The van der Waals surface area contributed by atoms with E-state index in [4.69, 9.17) is 0 Å². The van der Waals surface area contributed by atoms with Gasteiger partial charge in [0.25, 0.3) is 0 Å². The van der Waals surface area contributed by atoms with E-state index >= 15 is 0 Å². The number of para-hydroxylation sites is 1. The molecule has 1 N–H and O–H groups in total. The van der Waals surface area contributed by atoms with Crippen LogP contribution in [-0.4, -0.2) is 26.8 Å². The van der Waals surface area contributed by atoms with Crippen LogP contribution >= 0.6 is 27.3 Å². The summed E-state index contributed by atoms with van der Waals surface area (Å²) in [6.45, 7) is 0.582. The van der Waals surface area contributed by atoms with E-state index in [1.807, 2.05) is 17.5 Å². The quantitative estimate of drug-likeness (QED) is 0.872. The summed E-state index contributed by atoms with van der Waals surface area (Å²) in [6, 6.07) is 8.91. The summed E-state index contributed by atoms with van der Waals surface area (Å²) >= 11 is 5.08. The van der Waals surface area contributed by atoms with Gasteiger partial charge in [0.05, 0.1) is 12.2 Å². The Morgan fingerprint density at radius 3 is 2.55 bits per heavy atom. The van der Waals surface area contributed by atoms with E-state index in [0.29, 0.717) is 12.2 Å². The van der Waals surface area contributed by atoms with Gasteiger partial charge in [0.1, 0.15) is 4.90 Å². The van der Waals surface area contributed by atoms with E-state index in [0.717, 1.165) is 9.35 Å². The van der Waals surface area contributed by atoms with Gasteiger partial charge in [-0.05, 0) is 39.5 Å². The Balaban J connectivity index is 2.28. The molecule has 7 heteroatoms. The minimum atomic E-state index is -3.45. The van der Waals surface area contributed by atoms with Gasteiger partial charge in [-0.3, -0.25) is 0 Å². The van der Waals surface area contributed by atoms with Gasteiger partial charge in [-0.2, -0.15) is 0 Å². The second-order valence-electron chi connectivity index (χ2n) is 4.33. The van der Waals surface area contributed by atoms with Crippen molar-refractivity contribution in [1.82, 2.24) is 4.31 Å². The number of halogens is 1. The molecule has 2 aromatic rings. The van der Waals surface area contributed by atoms with Crippen LogP contribution in [0.25, 0.3) is 0 Å². The number of benzene rings is 1. The highest BCUT2D eigenvalue weighted by atomic mass is 79.9. The van der Waals surface area contributed by atoms with Crippen LogP contribution in [0.15, 0.2) is 45.1 Å². The third-order valence-electron chi connectivity index (χ3n) is 2.78. The number of thiophene rings is 1. The summed E-state index contributed by atoms with van der Waals surface area (Å²) in [6.07, 6.45) is 0. The summed E-state index contributed by atoms with van der Waals surface area (Å²) in [5.41, 5.74) is 0.612. The lowest BCUT2D eigenvalue weighted by Crippen LogP contribution is -2.23. The topological polar surface area (TPSA) is 49.4 Å². The molecule has 0 atom stereocenters. The second kappa shape index (κ2) is 6.26. The first-order valence-electron chi connectivity index (χ1n) is 5.90. The average molecular weight is 375 g/mol. The van der Waals surface area contributed by atoms with Crippen LogP contribution in [0.1, 0.15) is 4.88 Å². The predicted octanol–water partition coefficient (Wildman–Crippen LogP) is 3.37. The fourth-order valence-corrected chi connectivity index (χ4v) is 4.16. The number of nitrogens with one attached hydrogen (secondary N) is 1. The van der Waals surface area contributed by atoms with E-state index in [2.05, 4.69) is 21.2 Å². The van der Waals surface area contributed by atoms with Crippen molar-refractivity contribution < 1.29 is 8.42 Å². The average Bonchev–Trinajstić information content (AvgIpc) is 2.82.